The molecule has 0 aliphatic carbocycles. The first-order valence-corrected chi connectivity index (χ1v) is 4.13. The van der Waals surface area contributed by atoms with Crippen molar-refractivity contribution in [2.24, 2.45) is 0 Å². The second-order valence-electron chi connectivity index (χ2n) is 2.55. The molecule has 0 saturated heterocycles. The third-order valence-electron chi connectivity index (χ3n) is 1.52. The van der Waals surface area contributed by atoms with Crippen LogP contribution in [0.4, 0.5) is 0 Å². The van der Waals surface area contributed by atoms with Crippen molar-refractivity contribution in [3.63, 3.8) is 0 Å². The fourth-order valence-electron chi connectivity index (χ4n) is 0.702. The Morgan fingerprint density at radius 2 is 2.18 bits per heavy atom. The van der Waals surface area contributed by atoms with Gasteiger partial charge in [0.2, 0.25) is 0 Å². The van der Waals surface area contributed by atoms with Crippen LogP contribution in [-0.4, -0.2) is 12.7 Å². The summed E-state index contributed by atoms with van der Waals surface area (Å²) in [7, 11) is 0. The summed E-state index contributed by atoms with van der Waals surface area (Å²) >= 11 is 0. The van der Waals surface area contributed by atoms with Crippen molar-refractivity contribution in [3.8, 4) is 0 Å². The Morgan fingerprint density at radius 3 is 2.64 bits per heavy atom. The summed E-state index contributed by atoms with van der Waals surface area (Å²) in [6, 6.07) is 0. The summed E-state index contributed by atoms with van der Waals surface area (Å²) in [5.74, 6) is 0. The molecular formula is C10H18O. The number of ether oxygens (including phenoxy) is 1. The maximum atomic E-state index is 5.32. The minimum Gasteiger partial charge on any atom is -0.375 e. The highest BCUT2D eigenvalue weighted by Crippen LogP contribution is 1.98. The molecule has 1 unspecified atom stereocenters. The lowest BCUT2D eigenvalue weighted by atomic mass is 10.2. The monoisotopic (exact) mass is 154 g/mol. The summed E-state index contributed by atoms with van der Waals surface area (Å²) in [4.78, 5) is 0. The van der Waals surface area contributed by atoms with Gasteiger partial charge in [0.25, 0.3) is 0 Å². The summed E-state index contributed by atoms with van der Waals surface area (Å²) < 4.78 is 5.32. The fraction of sp³-hybridized carbons (Fsp3) is 0.600. The van der Waals surface area contributed by atoms with Gasteiger partial charge >= 0.3 is 0 Å². The van der Waals surface area contributed by atoms with Gasteiger partial charge in [-0.3, -0.25) is 0 Å². The molecule has 0 amide bonds. The maximum absolute atomic E-state index is 5.32. The van der Waals surface area contributed by atoms with Gasteiger partial charge in [-0.2, -0.15) is 0 Å². The van der Waals surface area contributed by atoms with Gasteiger partial charge in [-0.1, -0.05) is 23.8 Å². The Labute approximate surface area is 69.8 Å². The van der Waals surface area contributed by atoms with Gasteiger partial charge in [0.05, 0.1) is 6.10 Å². The van der Waals surface area contributed by atoms with Crippen molar-refractivity contribution >= 4 is 0 Å². The molecule has 0 aliphatic rings. The predicted octanol–water partition coefficient (Wildman–Crippen LogP) is 2.93. The third-order valence-corrected chi connectivity index (χ3v) is 1.52. The Morgan fingerprint density at radius 1 is 1.55 bits per heavy atom. The van der Waals surface area contributed by atoms with Crippen LogP contribution in [0, 0.1) is 0 Å². The molecule has 0 rings (SSSR count). The highest BCUT2D eigenvalue weighted by atomic mass is 16.5. The van der Waals surface area contributed by atoms with E-state index in [0.717, 1.165) is 6.61 Å². The van der Waals surface area contributed by atoms with Crippen molar-refractivity contribution < 1.29 is 4.74 Å². The average Bonchev–Trinajstić information content (AvgIpc) is 2.01. The van der Waals surface area contributed by atoms with E-state index in [1.165, 1.54) is 5.57 Å². The van der Waals surface area contributed by atoms with Crippen molar-refractivity contribution in [2.45, 2.75) is 33.8 Å². The van der Waals surface area contributed by atoms with Gasteiger partial charge < -0.3 is 4.74 Å². The topological polar surface area (TPSA) is 9.23 Å². The molecule has 0 saturated carbocycles. The lowest BCUT2D eigenvalue weighted by molar-refractivity contribution is 0.109. The Kier molecular flexibility index (Phi) is 5.86. The number of allylic oxidation sites excluding steroid dienone is 3. The average molecular weight is 154 g/mol. The molecule has 64 valence electrons. The van der Waals surface area contributed by atoms with Crippen LogP contribution in [0.3, 0.4) is 0 Å². The van der Waals surface area contributed by atoms with Crippen LogP contribution in [0.1, 0.15) is 27.7 Å². The summed E-state index contributed by atoms with van der Waals surface area (Å²) in [6.07, 6.45) is 6.46. The summed E-state index contributed by atoms with van der Waals surface area (Å²) in [5, 5.41) is 0. The van der Waals surface area contributed by atoms with E-state index in [1.54, 1.807) is 0 Å². The van der Waals surface area contributed by atoms with E-state index in [4.69, 9.17) is 4.74 Å². The number of hydrogen-bond donors (Lipinski definition) is 0. The molecule has 0 aromatic rings. The zero-order valence-electron chi connectivity index (χ0n) is 7.92. The Balaban J connectivity index is 3.72. The van der Waals surface area contributed by atoms with Crippen LogP contribution in [0.5, 0.6) is 0 Å². The molecule has 1 atom stereocenters. The van der Waals surface area contributed by atoms with E-state index in [0.29, 0.717) is 0 Å². The van der Waals surface area contributed by atoms with Crippen molar-refractivity contribution in [1.29, 1.82) is 0 Å². The molecule has 0 N–H and O–H groups in total. The Bertz CT molecular complexity index is 145. The van der Waals surface area contributed by atoms with E-state index >= 15 is 0 Å². The van der Waals surface area contributed by atoms with Gasteiger partial charge in [-0.15, -0.1) is 0 Å². The van der Waals surface area contributed by atoms with Crippen molar-refractivity contribution in [2.75, 3.05) is 6.61 Å². The van der Waals surface area contributed by atoms with Crippen molar-refractivity contribution in [3.05, 3.63) is 23.8 Å². The fourth-order valence-corrected chi connectivity index (χ4v) is 0.702. The van der Waals surface area contributed by atoms with Crippen LogP contribution in [0.2, 0.25) is 0 Å². The second-order valence-corrected chi connectivity index (χ2v) is 2.55. The first-order chi connectivity index (χ1) is 5.20. The number of rotatable bonds is 4. The molecule has 1 nitrogen and oxygen atoms in total. The molecule has 11 heavy (non-hydrogen) atoms. The highest BCUT2D eigenvalue weighted by Gasteiger charge is 1.91. The van der Waals surface area contributed by atoms with Gasteiger partial charge in [0.15, 0.2) is 0 Å². The quantitative estimate of drug-likeness (QED) is 0.566. The van der Waals surface area contributed by atoms with Crippen LogP contribution in [0.25, 0.3) is 0 Å². The van der Waals surface area contributed by atoms with Crippen LogP contribution >= 0.6 is 0 Å². The molecule has 0 aliphatic heterocycles. The van der Waals surface area contributed by atoms with E-state index < -0.39 is 0 Å². The number of hydrogen-bond acceptors (Lipinski definition) is 1. The van der Waals surface area contributed by atoms with Gasteiger partial charge in [-0.25, -0.2) is 0 Å². The zero-order valence-corrected chi connectivity index (χ0v) is 7.92. The largest absolute Gasteiger partial charge is 0.375 e. The smallest absolute Gasteiger partial charge is 0.0730 e. The van der Waals surface area contributed by atoms with Crippen LogP contribution in [0.15, 0.2) is 23.8 Å². The molecule has 0 aromatic heterocycles. The first kappa shape index (κ1) is 10.4. The minimum absolute atomic E-state index is 0.231. The van der Waals surface area contributed by atoms with Crippen LogP contribution < -0.4 is 0 Å². The van der Waals surface area contributed by atoms with E-state index in [-0.39, 0.29) is 6.10 Å². The lowest BCUT2D eigenvalue weighted by Gasteiger charge is -2.04. The van der Waals surface area contributed by atoms with E-state index in [9.17, 15) is 0 Å². The minimum atomic E-state index is 0.231. The van der Waals surface area contributed by atoms with Crippen LogP contribution in [-0.2, 0) is 4.74 Å². The second kappa shape index (κ2) is 6.17. The van der Waals surface area contributed by atoms with Gasteiger partial charge in [0, 0.05) is 6.61 Å². The molecule has 1 heteroatoms. The summed E-state index contributed by atoms with van der Waals surface area (Å²) in [6.45, 7) is 8.94. The maximum Gasteiger partial charge on any atom is 0.0730 e. The Hall–Kier alpha value is -0.560. The lowest BCUT2D eigenvalue weighted by Crippen LogP contribution is -2.02. The molecule has 0 fully saturated rings. The van der Waals surface area contributed by atoms with Crippen molar-refractivity contribution in [1.82, 2.24) is 0 Å². The molecule has 0 radical (unpaired) electrons. The molecule has 0 bridgehead atoms. The third kappa shape index (κ3) is 5.86. The predicted molar refractivity (Wildman–Crippen MR) is 49.7 cm³/mol. The molecule has 0 aromatic carbocycles. The molecule has 0 heterocycles. The molecular weight excluding hydrogens is 136 g/mol. The standard InChI is InChI=1S/C10H18O/c1-5-9(3)7-8-10(4)11-6-2/h5,7-8,10H,6H2,1-4H3/b8-7-,9-5-. The SMILES string of the molecule is C/C=C(C)\C=C/C(C)OCC. The van der Waals surface area contributed by atoms with E-state index in [1.807, 2.05) is 20.8 Å². The first-order valence-electron chi connectivity index (χ1n) is 4.13. The zero-order chi connectivity index (χ0) is 8.69. The summed E-state index contributed by atoms with van der Waals surface area (Å²) in [5.41, 5.74) is 1.27. The van der Waals surface area contributed by atoms with Gasteiger partial charge in [0.1, 0.15) is 0 Å². The normalized spacial score (nSPS) is 15.8. The highest BCUT2D eigenvalue weighted by molar-refractivity contribution is 5.15. The van der Waals surface area contributed by atoms with Gasteiger partial charge in [-0.05, 0) is 27.7 Å². The molecule has 0 spiro atoms. The van der Waals surface area contributed by atoms with E-state index in [2.05, 4.69) is 25.2 Å².